The molecule has 1 aliphatic rings. The van der Waals surface area contributed by atoms with Gasteiger partial charge in [-0.2, -0.15) is 0 Å². The maximum atomic E-state index is 12.6. The Balaban J connectivity index is 2.27. The Morgan fingerprint density at radius 2 is 2.19 bits per heavy atom. The van der Waals surface area contributed by atoms with Crippen LogP contribution in [0.3, 0.4) is 0 Å². The lowest BCUT2D eigenvalue weighted by Gasteiger charge is -2.33. The van der Waals surface area contributed by atoms with Crippen molar-refractivity contribution < 1.29 is 14.7 Å². The molecule has 2 rings (SSSR count). The van der Waals surface area contributed by atoms with Gasteiger partial charge in [0.1, 0.15) is 11.2 Å². The second-order valence-corrected chi connectivity index (χ2v) is 5.66. The third-order valence-corrected chi connectivity index (χ3v) is 3.84. The van der Waals surface area contributed by atoms with Gasteiger partial charge in [0, 0.05) is 17.8 Å². The van der Waals surface area contributed by atoms with Crippen molar-refractivity contribution in [1.29, 1.82) is 0 Å². The smallest absolute Gasteiger partial charge is 0.326 e. The van der Waals surface area contributed by atoms with Crippen molar-refractivity contribution in [1.82, 2.24) is 9.88 Å². The normalized spacial score (nSPS) is 18.6. The van der Waals surface area contributed by atoms with Crippen LogP contribution in [0.5, 0.6) is 0 Å². The molecule has 1 aromatic heterocycles. The van der Waals surface area contributed by atoms with Crippen LogP contribution in [0.4, 0.5) is 0 Å². The summed E-state index contributed by atoms with van der Waals surface area (Å²) in [6.45, 7) is 2.49. The van der Waals surface area contributed by atoms with E-state index < -0.39 is 12.0 Å². The number of carbonyl (C=O) groups is 2. The van der Waals surface area contributed by atoms with E-state index in [9.17, 15) is 14.7 Å². The van der Waals surface area contributed by atoms with Crippen molar-refractivity contribution in [2.24, 2.45) is 0 Å². The Labute approximate surface area is 128 Å². The van der Waals surface area contributed by atoms with Gasteiger partial charge < -0.3 is 10.0 Å². The summed E-state index contributed by atoms with van der Waals surface area (Å²) in [6.07, 6.45) is 3.81. The summed E-state index contributed by atoms with van der Waals surface area (Å²) in [4.78, 5) is 29.5. The first kappa shape index (κ1) is 15.8. The highest BCUT2D eigenvalue weighted by Gasteiger charge is 2.32. The summed E-state index contributed by atoms with van der Waals surface area (Å²) >= 11 is 5.97. The molecule has 1 atom stereocenters. The van der Waals surface area contributed by atoms with Crippen LogP contribution in [-0.2, 0) is 11.2 Å². The van der Waals surface area contributed by atoms with E-state index in [0.29, 0.717) is 18.5 Å². The van der Waals surface area contributed by atoms with E-state index >= 15 is 0 Å². The van der Waals surface area contributed by atoms with Crippen LogP contribution in [0.1, 0.15) is 48.7 Å². The minimum Gasteiger partial charge on any atom is -0.480 e. The molecule has 0 spiro atoms. The number of hydrogen-bond acceptors (Lipinski definition) is 3. The number of carbonyl (C=O) groups excluding carboxylic acids is 1. The van der Waals surface area contributed by atoms with Gasteiger partial charge >= 0.3 is 5.97 Å². The number of piperidine rings is 1. The molecule has 1 N–H and O–H groups in total. The number of aliphatic carboxylic acids is 1. The molecule has 0 saturated carbocycles. The first-order valence-electron chi connectivity index (χ1n) is 7.23. The number of likely N-dealkylation sites (tertiary alicyclic amines) is 1. The van der Waals surface area contributed by atoms with Gasteiger partial charge in [0.25, 0.3) is 5.91 Å². The number of nitrogens with zero attached hydrogens (tertiary/aromatic N) is 2. The van der Waals surface area contributed by atoms with Crippen LogP contribution in [-0.4, -0.2) is 39.5 Å². The van der Waals surface area contributed by atoms with E-state index in [1.54, 1.807) is 6.07 Å². The second-order valence-electron chi connectivity index (χ2n) is 5.27. The highest BCUT2D eigenvalue weighted by atomic mass is 35.5. The predicted molar refractivity (Wildman–Crippen MR) is 79.6 cm³/mol. The lowest BCUT2D eigenvalue weighted by atomic mass is 10.0. The number of rotatable bonds is 4. The Bertz CT molecular complexity index is 548. The fourth-order valence-electron chi connectivity index (χ4n) is 2.66. The van der Waals surface area contributed by atoms with Crippen molar-refractivity contribution in [2.45, 2.75) is 45.1 Å². The second kappa shape index (κ2) is 6.89. The topological polar surface area (TPSA) is 70.5 Å². The molecule has 2 heterocycles. The molecule has 21 heavy (non-hydrogen) atoms. The first-order chi connectivity index (χ1) is 10.0. The van der Waals surface area contributed by atoms with Crippen molar-refractivity contribution >= 4 is 23.5 Å². The van der Waals surface area contributed by atoms with Gasteiger partial charge in [-0.3, -0.25) is 4.79 Å². The SMILES string of the molecule is CCCc1cc(C(=O)N2CCCCC2C(=O)O)cc(Cl)n1. The van der Waals surface area contributed by atoms with Gasteiger partial charge in [-0.15, -0.1) is 0 Å². The minimum absolute atomic E-state index is 0.271. The molecular formula is C15H19ClN2O3. The van der Waals surface area contributed by atoms with Gasteiger partial charge in [0.15, 0.2) is 0 Å². The van der Waals surface area contributed by atoms with Crippen molar-refractivity contribution in [3.63, 3.8) is 0 Å². The Hall–Kier alpha value is -1.62. The van der Waals surface area contributed by atoms with E-state index in [0.717, 1.165) is 31.4 Å². The van der Waals surface area contributed by atoms with Crippen LogP contribution in [0.25, 0.3) is 0 Å². The highest BCUT2D eigenvalue weighted by molar-refractivity contribution is 6.29. The molecule has 0 aromatic carbocycles. The first-order valence-corrected chi connectivity index (χ1v) is 7.61. The van der Waals surface area contributed by atoms with E-state index in [1.165, 1.54) is 11.0 Å². The van der Waals surface area contributed by atoms with Crippen LogP contribution in [0.15, 0.2) is 12.1 Å². The van der Waals surface area contributed by atoms with Gasteiger partial charge in [0.05, 0.1) is 0 Å². The third kappa shape index (κ3) is 3.73. The van der Waals surface area contributed by atoms with Crippen LogP contribution >= 0.6 is 11.6 Å². The van der Waals surface area contributed by atoms with Crippen molar-refractivity contribution in [3.8, 4) is 0 Å². The minimum atomic E-state index is -0.947. The van der Waals surface area contributed by atoms with Crippen LogP contribution < -0.4 is 0 Å². The third-order valence-electron chi connectivity index (χ3n) is 3.65. The van der Waals surface area contributed by atoms with Crippen LogP contribution in [0, 0.1) is 0 Å². The average Bonchev–Trinajstić information content (AvgIpc) is 2.46. The van der Waals surface area contributed by atoms with Gasteiger partial charge in [-0.25, -0.2) is 9.78 Å². The van der Waals surface area contributed by atoms with E-state index in [2.05, 4.69) is 4.98 Å². The number of amides is 1. The van der Waals surface area contributed by atoms with E-state index in [-0.39, 0.29) is 11.1 Å². The molecule has 1 unspecified atom stereocenters. The quantitative estimate of drug-likeness (QED) is 0.868. The van der Waals surface area contributed by atoms with Crippen molar-refractivity contribution in [2.75, 3.05) is 6.54 Å². The molecule has 1 amide bonds. The molecule has 1 aliphatic heterocycles. The Morgan fingerprint density at radius 1 is 1.43 bits per heavy atom. The molecule has 6 heteroatoms. The summed E-state index contributed by atoms with van der Waals surface area (Å²) in [6, 6.07) is 2.48. The highest BCUT2D eigenvalue weighted by Crippen LogP contribution is 2.21. The molecule has 5 nitrogen and oxygen atoms in total. The number of carboxylic acids is 1. The summed E-state index contributed by atoms with van der Waals surface area (Å²) in [7, 11) is 0. The number of carboxylic acid groups (broad SMARTS) is 1. The summed E-state index contributed by atoms with van der Waals surface area (Å²) < 4.78 is 0. The fourth-order valence-corrected chi connectivity index (χ4v) is 2.88. The number of hydrogen-bond donors (Lipinski definition) is 1. The number of aryl methyl sites for hydroxylation is 1. The summed E-state index contributed by atoms with van der Waals surface area (Å²) in [5.41, 5.74) is 1.18. The lowest BCUT2D eigenvalue weighted by molar-refractivity contribution is -0.143. The molecule has 0 aliphatic carbocycles. The molecule has 1 fully saturated rings. The van der Waals surface area contributed by atoms with E-state index in [4.69, 9.17) is 11.6 Å². The Kier molecular flexibility index (Phi) is 5.17. The molecule has 0 bridgehead atoms. The zero-order valence-corrected chi connectivity index (χ0v) is 12.8. The van der Waals surface area contributed by atoms with Gasteiger partial charge in [-0.05, 0) is 37.8 Å². The predicted octanol–water partition coefficient (Wildman–Crippen LogP) is 2.77. The fraction of sp³-hybridized carbons (Fsp3) is 0.533. The molecule has 1 aromatic rings. The number of pyridine rings is 1. The van der Waals surface area contributed by atoms with Gasteiger partial charge in [-0.1, -0.05) is 24.9 Å². The molecule has 0 radical (unpaired) electrons. The maximum Gasteiger partial charge on any atom is 0.326 e. The monoisotopic (exact) mass is 310 g/mol. The largest absolute Gasteiger partial charge is 0.480 e. The number of aromatic nitrogens is 1. The molecule has 1 saturated heterocycles. The number of halogens is 1. The molecular weight excluding hydrogens is 292 g/mol. The van der Waals surface area contributed by atoms with Crippen molar-refractivity contribution in [3.05, 3.63) is 28.5 Å². The Morgan fingerprint density at radius 3 is 2.86 bits per heavy atom. The van der Waals surface area contributed by atoms with Crippen LogP contribution in [0.2, 0.25) is 5.15 Å². The summed E-state index contributed by atoms with van der Waals surface area (Å²) in [5.74, 6) is -1.22. The van der Waals surface area contributed by atoms with E-state index in [1.807, 2.05) is 6.92 Å². The summed E-state index contributed by atoms with van der Waals surface area (Å²) in [5, 5.41) is 9.54. The van der Waals surface area contributed by atoms with Gasteiger partial charge in [0.2, 0.25) is 0 Å². The maximum absolute atomic E-state index is 12.6. The lowest BCUT2D eigenvalue weighted by Crippen LogP contribution is -2.48. The zero-order valence-electron chi connectivity index (χ0n) is 12.0. The molecule has 114 valence electrons. The zero-order chi connectivity index (χ0) is 15.4. The standard InChI is InChI=1S/C15H19ClN2O3/c1-2-5-11-8-10(9-13(16)17-11)14(19)18-7-4-3-6-12(18)15(20)21/h8-9,12H,2-7H2,1H3,(H,20,21). The average molecular weight is 311 g/mol.